The molecule has 0 spiro atoms. The normalized spacial score (nSPS) is 16.2. The predicted octanol–water partition coefficient (Wildman–Crippen LogP) is 3.70. The van der Waals surface area contributed by atoms with E-state index in [1.807, 2.05) is 6.07 Å². The highest BCUT2D eigenvalue weighted by atomic mass is 35.5. The van der Waals surface area contributed by atoms with Crippen molar-refractivity contribution in [3.63, 3.8) is 0 Å². The van der Waals surface area contributed by atoms with Gasteiger partial charge in [0.1, 0.15) is 12.6 Å². The zero-order chi connectivity index (χ0) is 26.6. The van der Waals surface area contributed by atoms with E-state index in [9.17, 15) is 18.0 Å². The summed E-state index contributed by atoms with van der Waals surface area (Å²) < 4.78 is 37.2. The Balaban J connectivity index is 1.59. The van der Waals surface area contributed by atoms with E-state index in [1.54, 1.807) is 37.3 Å². The maximum absolute atomic E-state index is 13.7. The quantitative estimate of drug-likeness (QED) is 0.511. The third kappa shape index (κ3) is 6.87. The van der Waals surface area contributed by atoms with Crippen LogP contribution in [0.2, 0.25) is 5.02 Å². The summed E-state index contributed by atoms with van der Waals surface area (Å²) in [7, 11) is -3.84. The molecule has 0 radical (unpaired) electrons. The lowest BCUT2D eigenvalue weighted by atomic mass is 9.95. The van der Waals surface area contributed by atoms with Crippen LogP contribution in [-0.4, -0.2) is 56.8 Å². The number of hydrogen-bond acceptors (Lipinski definition) is 6. The van der Waals surface area contributed by atoms with Crippen LogP contribution in [0.3, 0.4) is 0 Å². The van der Waals surface area contributed by atoms with Crippen LogP contribution in [0.1, 0.15) is 44.6 Å². The number of amides is 2. The average molecular weight is 550 g/mol. The predicted molar refractivity (Wildman–Crippen MR) is 141 cm³/mol. The Morgan fingerprint density at radius 2 is 1.81 bits per heavy atom. The van der Waals surface area contributed by atoms with Gasteiger partial charge in [-0.1, -0.05) is 43.0 Å². The Kier molecular flexibility index (Phi) is 8.49. The molecule has 11 heteroatoms. The van der Waals surface area contributed by atoms with Crippen LogP contribution >= 0.6 is 11.6 Å². The van der Waals surface area contributed by atoms with E-state index < -0.39 is 28.5 Å². The first-order chi connectivity index (χ1) is 17.6. The first-order valence-corrected chi connectivity index (χ1v) is 14.6. The number of hydrogen-bond donors (Lipinski definition) is 1. The molecule has 1 fully saturated rings. The maximum atomic E-state index is 13.7. The lowest BCUT2D eigenvalue weighted by molar-refractivity contribution is -0.139. The maximum Gasteiger partial charge on any atom is 0.244 e. The SMILES string of the molecule is C[C@H](C(=O)NC1CCCCC1)N(Cc1cccc(Cl)c1)C(=O)CN(c1ccc2c(c1)OCO2)S(C)(=O)=O. The number of halogens is 1. The van der Waals surface area contributed by atoms with Crippen molar-refractivity contribution in [3.05, 3.63) is 53.1 Å². The molecule has 1 aliphatic carbocycles. The van der Waals surface area contributed by atoms with Crippen molar-refractivity contribution >= 4 is 39.1 Å². The molecule has 0 saturated heterocycles. The molecule has 37 heavy (non-hydrogen) atoms. The number of carbonyl (C=O) groups excluding carboxylic acids is 2. The largest absolute Gasteiger partial charge is 0.454 e. The number of benzene rings is 2. The molecular weight excluding hydrogens is 518 g/mol. The molecular formula is C26H32ClN3O6S. The van der Waals surface area contributed by atoms with Gasteiger partial charge < -0.3 is 19.7 Å². The average Bonchev–Trinajstić information content (AvgIpc) is 3.33. The first-order valence-electron chi connectivity index (χ1n) is 12.3. The third-order valence-corrected chi connectivity index (χ3v) is 8.06. The number of anilines is 1. The fourth-order valence-corrected chi connectivity index (χ4v) is 5.69. The molecule has 0 aromatic heterocycles. The van der Waals surface area contributed by atoms with Crippen molar-refractivity contribution in [1.29, 1.82) is 0 Å². The molecule has 2 aromatic carbocycles. The molecule has 1 atom stereocenters. The van der Waals surface area contributed by atoms with Gasteiger partial charge in [0.05, 0.1) is 11.9 Å². The summed E-state index contributed by atoms with van der Waals surface area (Å²) in [5.74, 6) is 0.111. The van der Waals surface area contributed by atoms with E-state index in [0.717, 1.165) is 48.2 Å². The second-order valence-electron chi connectivity index (χ2n) is 9.48. The smallest absolute Gasteiger partial charge is 0.244 e. The molecule has 2 aromatic rings. The minimum atomic E-state index is -3.84. The van der Waals surface area contributed by atoms with Gasteiger partial charge >= 0.3 is 0 Å². The van der Waals surface area contributed by atoms with Gasteiger partial charge in [0, 0.05) is 23.7 Å². The number of ether oxygens (including phenoxy) is 2. The summed E-state index contributed by atoms with van der Waals surface area (Å²) in [5.41, 5.74) is 0.995. The van der Waals surface area contributed by atoms with Crippen molar-refractivity contribution in [1.82, 2.24) is 10.2 Å². The minimum absolute atomic E-state index is 0.0393. The Bertz CT molecular complexity index is 1250. The molecule has 1 heterocycles. The van der Waals surface area contributed by atoms with Crippen LogP contribution in [0.5, 0.6) is 11.5 Å². The Labute approximate surface area is 222 Å². The van der Waals surface area contributed by atoms with Gasteiger partial charge in [-0.15, -0.1) is 0 Å². The van der Waals surface area contributed by atoms with E-state index in [2.05, 4.69) is 5.32 Å². The van der Waals surface area contributed by atoms with E-state index in [0.29, 0.717) is 16.5 Å². The van der Waals surface area contributed by atoms with E-state index in [1.165, 1.54) is 11.0 Å². The number of fused-ring (bicyclic) bond motifs is 1. The van der Waals surface area contributed by atoms with E-state index >= 15 is 0 Å². The Morgan fingerprint density at radius 3 is 2.51 bits per heavy atom. The van der Waals surface area contributed by atoms with Crippen LogP contribution in [0.4, 0.5) is 5.69 Å². The van der Waals surface area contributed by atoms with Gasteiger partial charge in [-0.3, -0.25) is 13.9 Å². The van der Waals surface area contributed by atoms with E-state index in [-0.39, 0.29) is 31.0 Å². The fourth-order valence-electron chi connectivity index (χ4n) is 4.64. The van der Waals surface area contributed by atoms with Crippen molar-refractivity contribution in [2.24, 2.45) is 0 Å². The number of nitrogens with one attached hydrogen (secondary N) is 1. The van der Waals surface area contributed by atoms with E-state index in [4.69, 9.17) is 21.1 Å². The van der Waals surface area contributed by atoms with Crippen LogP contribution in [0, 0.1) is 0 Å². The van der Waals surface area contributed by atoms with Crippen LogP contribution in [-0.2, 0) is 26.2 Å². The number of carbonyl (C=O) groups is 2. The third-order valence-electron chi connectivity index (χ3n) is 6.68. The van der Waals surface area contributed by atoms with Crippen molar-refractivity contribution in [2.75, 3.05) is 23.9 Å². The van der Waals surface area contributed by atoms with Gasteiger partial charge in [-0.25, -0.2) is 8.42 Å². The standard InChI is InChI=1S/C26H32ClN3O6S/c1-18(26(32)28-21-9-4-3-5-10-21)29(15-19-7-6-8-20(27)13-19)25(31)16-30(37(2,33)34)22-11-12-23-24(14-22)36-17-35-23/h6-8,11-14,18,21H,3-5,9-10,15-17H2,1-2H3,(H,28,32)/t18-/m1/s1. The van der Waals surface area contributed by atoms with Gasteiger partial charge in [-0.05, 0) is 49.6 Å². The minimum Gasteiger partial charge on any atom is -0.454 e. The molecule has 4 rings (SSSR count). The van der Waals surface area contributed by atoms with Crippen LogP contribution in [0.25, 0.3) is 0 Å². The molecule has 200 valence electrons. The highest BCUT2D eigenvalue weighted by Gasteiger charge is 2.31. The van der Waals surface area contributed by atoms with Crippen molar-refractivity contribution < 1.29 is 27.5 Å². The van der Waals surface area contributed by atoms with Gasteiger partial charge in [0.15, 0.2) is 11.5 Å². The fraction of sp³-hybridized carbons (Fsp3) is 0.462. The van der Waals surface area contributed by atoms with Crippen molar-refractivity contribution in [2.45, 2.75) is 57.7 Å². The molecule has 9 nitrogen and oxygen atoms in total. The summed E-state index contributed by atoms with van der Waals surface area (Å²) in [6.07, 6.45) is 6.12. The molecule has 1 N–H and O–H groups in total. The highest BCUT2D eigenvalue weighted by molar-refractivity contribution is 7.92. The lowest BCUT2D eigenvalue weighted by Crippen LogP contribution is -2.52. The molecule has 1 aliphatic heterocycles. The lowest BCUT2D eigenvalue weighted by Gasteiger charge is -2.33. The monoisotopic (exact) mass is 549 g/mol. The number of rotatable bonds is 9. The second kappa shape index (κ2) is 11.6. The first kappa shape index (κ1) is 27.1. The number of sulfonamides is 1. The van der Waals surface area contributed by atoms with Gasteiger partial charge in [0.2, 0.25) is 28.6 Å². The summed E-state index contributed by atoms with van der Waals surface area (Å²) in [6.45, 7) is 1.31. The molecule has 2 amide bonds. The highest BCUT2D eigenvalue weighted by Crippen LogP contribution is 2.36. The second-order valence-corrected chi connectivity index (χ2v) is 11.8. The van der Waals surface area contributed by atoms with Crippen LogP contribution < -0.4 is 19.1 Å². The summed E-state index contributed by atoms with van der Waals surface area (Å²) in [5, 5.41) is 3.58. The summed E-state index contributed by atoms with van der Waals surface area (Å²) in [6, 6.07) is 11.0. The number of nitrogens with zero attached hydrogens (tertiary/aromatic N) is 2. The zero-order valence-electron chi connectivity index (χ0n) is 21.0. The molecule has 0 bridgehead atoms. The van der Waals surface area contributed by atoms with Crippen molar-refractivity contribution in [3.8, 4) is 11.5 Å². The van der Waals surface area contributed by atoms with Crippen LogP contribution in [0.15, 0.2) is 42.5 Å². The topological polar surface area (TPSA) is 105 Å². The summed E-state index contributed by atoms with van der Waals surface area (Å²) in [4.78, 5) is 28.3. The molecule has 2 aliphatic rings. The molecule has 0 unspecified atom stereocenters. The zero-order valence-corrected chi connectivity index (χ0v) is 22.6. The Morgan fingerprint density at radius 1 is 1.08 bits per heavy atom. The van der Waals surface area contributed by atoms with Gasteiger partial charge in [0.25, 0.3) is 0 Å². The Hall–Kier alpha value is -2.98. The summed E-state index contributed by atoms with van der Waals surface area (Å²) >= 11 is 6.16. The molecule has 1 saturated carbocycles. The van der Waals surface area contributed by atoms with Gasteiger partial charge in [-0.2, -0.15) is 0 Å².